The Bertz CT molecular complexity index is 856. The van der Waals surface area contributed by atoms with Crippen LogP contribution in [0.1, 0.15) is 46.1 Å². The molecule has 0 fully saturated rings. The van der Waals surface area contributed by atoms with Crippen LogP contribution in [0.25, 0.3) is 5.57 Å². The van der Waals surface area contributed by atoms with E-state index in [1.54, 1.807) is 0 Å². The Morgan fingerprint density at radius 2 is 1.71 bits per heavy atom. The third-order valence-corrected chi connectivity index (χ3v) is 5.71. The number of cyclic esters (lactones) is 2. The fourth-order valence-electron chi connectivity index (χ4n) is 4.28. The molecule has 0 saturated heterocycles. The fourth-order valence-corrected chi connectivity index (χ4v) is 4.28. The number of ether oxygens (including phenoxy) is 2. The monoisotopic (exact) mass is 324 g/mol. The van der Waals surface area contributed by atoms with Gasteiger partial charge in [-0.3, -0.25) is 0 Å². The highest BCUT2D eigenvalue weighted by Crippen LogP contribution is 2.61. The lowest BCUT2D eigenvalue weighted by atomic mass is 9.60. The smallest absolute Gasteiger partial charge is 0.346 e. The molecule has 24 heavy (non-hydrogen) atoms. The van der Waals surface area contributed by atoms with Crippen molar-refractivity contribution in [3.8, 4) is 5.75 Å². The van der Waals surface area contributed by atoms with Gasteiger partial charge in [-0.15, -0.1) is 0 Å². The molecule has 0 amide bonds. The van der Waals surface area contributed by atoms with Gasteiger partial charge >= 0.3 is 11.9 Å². The van der Waals surface area contributed by atoms with Gasteiger partial charge in [-0.1, -0.05) is 45.4 Å². The van der Waals surface area contributed by atoms with E-state index in [1.165, 1.54) is 0 Å². The third kappa shape index (κ3) is 1.58. The quantitative estimate of drug-likeness (QED) is 0.613. The molecule has 4 heteroatoms. The predicted molar refractivity (Wildman–Crippen MR) is 89.2 cm³/mol. The largest absolute Gasteiger partial charge is 0.481 e. The van der Waals surface area contributed by atoms with Crippen LogP contribution in [0.3, 0.4) is 0 Å². The molecule has 1 aromatic carbocycles. The van der Waals surface area contributed by atoms with Crippen LogP contribution in [0, 0.1) is 5.41 Å². The molecule has 0 saturated carbocycles. The molecule has 0 N–H and O–H groups in total. The van der Waals surface area contributed by atoms with Crippen LogP contribution in [-0.4, -0.2) is 17.5 Å². The van der Waals surface area contributed by atoms with Gasteiger partial charge in [0, 0.05) is 16.6 Å². The summed E-state index contributed by atoms with van der Waals surface area (Å²) in [6.45, 7) is 7.99. The number of carbonyl (C=O) groups is 2. The van der Waals surface area contributed by atoms with Gasteiger partial charge in [-0.2, -0.15) is 0 Å². The molecule has 124 valence electrons. The lowest BCUT2D eigenvalue weighted by molar-refractivity contribution is -0.151. The molecule has 2 heterocycles. The van der Waals surface area contributed by atoms with Crippen LogP contribution in [0.5, 0.6) is 5.75 Å². The Labute approximate surface area is 141 Å². The first-order chi connectivity index (χ1) is 11.3. The van der Waals surface area contributed by atoms with E-state index in [1.807, 2.05) is 45.0 Å². The minimum absolute atomic E-state index is 0.454. The van der Waals surface area contributed by atoms with Gasteiger partial charge in [-0.05, 0) is 25.0 Å². The van der Waals surface area contributed by atoms with Gasteiger partial charge < -0.3 is 9.47 Å². The van der Waals surface area contributed by atoms with Gasteiger partial charge in [0.05, 0.1) is 11.1 Å². The van der Waals surface area contributed by atoms with Crippen LogP contribution in [-0.2, 0) is 14.3 Å². The molecule has 1 aromatic rings. The summed E-state index contributed by atoms with van der Waals surface area (Å²) in [6.07, 6.45) is 1.58. The van der Waals surface area contributed by atoms with Crippen molar-refractivity contribution in [3.05, 3.63) is 46.5 Å². The van der Waals surface area contributed by atoms with E-state index >= 15 is 0 Å². The summed E-state index contributed by atoms with van der Waals surface area (Å²) in [7, 11) is 0. The van der Waals surface area contributed by atoms with Gasteiger partial charge in [0.15, 0.2) is 0 Å². The second kappa shape index (κ2) is 4.59. The number of para-hydroxylation sites is 1. The van der Waals surface area contributed by atoms with Crippen LogP contribution < -0.4 is 4.74 Å². The second-order valence-corrected chi connectivity index (χ2v) is 7.29. The zero-order valence-corrected chi connectivity index (χ0v) is 14.4. The minimum atomic E-state index is -0.705. The van der Waals surface area contributed by atoms with Gasteiger partial charge in [0.1, 0.15) is 11.4 Å². The summed E-state index contributed by atoms with van der Waals surface area (Å²) in [5.74, 6) is -0.252. The summed E-state index contributed by atoms with van der Waals surface area (Å²) in [5.41, 5.74) is 2.47. The van der Waals surface area contributed by atoms with Crippen molar-refractivity contribution >= 4 is 17.5 Å². The average molecular weight is 324 g/mol. The molecule has 1 aliphatic carbocycles. The van der Waals surface area contributed by atoms with E-state index in [0.717, 1.165) is 28.9 Å². The molecular weight excluding hydrogens is 304 g/mol. The summed E-state index contributed by atoms with van der Waals surface area (Å²) < 4.78 is 11.3. The van der Waals surface area contributed by atoms with E-state index in [2.05, 4.69) is 6.92 Å². The molecule has 0 unspecified atom stereocenters. The Morgan fingerprint density at radius 1 is 1.00 bits per heavy atom. The second-order valence-electron chi connectivity index (χ2n) is 7.29. The van der Waals surface area contributed by atoms with E-state index in [9.17, 15) is 9.59 Å². The van der Waals surface area contributed by atoms with E-state index in [4.69, 9.17) is 9.47 Å². The van der Waals surface area contributed by atoms with Gasteiger partial charge in [-0.25, -0.2) is 9.59 Å². The molecule has 0 bridgehead atoms. The Hall–Kier alpha value is -2.36. The van der Waals surface area contributed by atoms with Gasteiger partial charge in [0.25, 0.3) is 0 Å². The first-order valence-corrected chi connectivity index (χ1v) is 8.36. The van der Waals surface area contributed by atoms with Crippen molar-refractivity contribution in [2.24, 2.45) is 5.41 Å². The molecule has 4 nitrogen and oxygen atoms in total. The number of rotatable bonds is 2. The molecule has 3 aliphatic rings. The molecule has 1 atom stereocenters. The summed E-state index contributed by atoms with van der Waals surface area (Å²) in [4.78, 5) is 24.8. The van der Waals surface area contributed by atoms with Crippen molar-refractivity contribution in [2.75, 3.05) is 0 Å². The highest BCUT2D eigenvalue weighted by Gasteiger charge is 2.61. The van der Waals surface area contributed by atoms with Crippen molar-refractivity contribution in [3.63, 3.8) is 0 Å². The normalized spacial score (nSPS) is 26.8. The maximum absolute atomic E-state index is 12.4. The lowest BCUT2D eigenvalue weighted by Crippen LogP contribution is -2.50. The number of esters is 2. The topological polar surface area (TPSA) is 52.6 Å². The zero-order valence-electron chi connectivity index (χ0n) is 14.4. The highest BCUT2D eigenvalue weighted by molar-refractivity contribution is 6.18. The maximum Gasteiger partial charge on any atom is 0.346 e. The van der Waals surface area contributed by atoms with Crippen molar-refractivity contribution in [1.29, 1.82) is 0 Å². The van der Waals surface area contributed by atoms with Gasteiger partial charge in [0.2, 0.25) is 0 Å². The number of carbonyl (C=O) groups excluding carboxylic acids is 2. The summed E-state index contributed by atoms with van der Waals surface area (Å²) in [5, 5.41) is 0. The first kappa shape index (κ1) is 15.2. The standard InChI is InChI=1S/C20H20O4/c1-5-8-12-14-16(18(22)23-17(14)21)19(2,3)20(4)15(12)11-9-6-7-10-13(11)24-20/h6-7,9-10H,5,8H2,1-4H3/t20-/m1/s1. The van der Waals surface area contributed by atoms with E-state index < -0.39 is 23.0 Å². The van der Waals surface area contributed by atoms with E-state index in [-0.39, 0.29) is 0 Å². The van der Waals surface area contributed by atoms with Crippen LogP contribution >= 0.6 is 0 Å². The molecule has 0 radical (unpaired) electrons. The number of fused-ring (bicyclic) bond motifs is 3. The van der Waals surface area contributed by atoms with Crippen molar-refractivity contribution in [2.45, 2.75) is 46.1 Å². The zero-order chi connectivity index (χ0) is 17.3. The summed E-state index contributed by atoms with van der Waals surface area (Å²) >= 11 is 0. The molecule has 2 aliphatic heterocycles. The fraction of sp³-hybridized carbons (Fsp3) is 0.400. The Morgan fingerprint density at radius 3 is 2.42 bits per heavy atom. The van der Waals surface area contributed by atoms with Crippen molar-refractivity contribution in [1.82, 2.24) is 0 Å². The maximum atomic E-state index is 12.4. The number of hydrogen-bond donors (Lipinski definition) is 0. The first-order valence-electron chi connectivity index (χ1n) is 8.36. The molecule has 4 rings (SSSR count). The molecule has 0 aromatic heterocycles. The van der Waals surface area contributed by atoms with Crippen LogP contribution in [0.2, 0.25) is 0 Å². The Balaban J connectivity index is 2.11. The van der Waals surface area contributed by atoms with Crippen LogP contribution in [0.4, 0.5) is 0 Å². The molecular formula is C20H20O4. The number of benzene rings is 1. The van der Waals surface area contributed by atoms with E-state index in [0.29, 0.717) is 17.6 Å². The van der Waals surface area contributed by atoms with Crippen molar-refractivity contribution < 1.29 is 19.1 Å². The minimum Gasteiger partial charge on any atom is -0.481 e. The summed E-state index contributed by atoms with van der Waals surface area (Å²) in [6, 6.07) is 7.87. The lowest BCUT2D eigenvalue weighted by Gasteiger charge is -2.45. The predicted octanol–water partition coefficient (Wildman–Crippen LogP) is 3.81. The SMILES string of the molecule is CCCC1=C2c3ccccc3O[C@@]2(C)C(C)(C)C2=C1C(=O)OC2=O. The van der Waals surface area contributed by atoms with Crippen LogP contribution in [0.15, 0.2) is 41.0 Å². The molecule has 0 spiro atoms. The number of hydrogen-bond acceptors (Lipinski definition) is 4. The average Bonchev–Trinajstić information content (AvgIpc) is 2.99. The Kier molecular flexibility index (Phi) is 2.91. The third-order valence-electron chi connectivity index (χ3n) is 5.71. The highest BCUT2D eigenvalue weighted by atomic mass is 16.6.